The third kappa shape index (κ3) is 4.41. The van der Waals surface area contributed by atoms with Gasteiger partial charge < -0.3 is 5.32 Å². The van der Waals surface area contributed by atoms with Crippen molar-refractivity contribution in [3.8, 4) is 0 Å². The molecule has 3 aromatic carbocycles. The Morgan fingerprint density at radius 2 is 1.52 bits per heavy atom. The van der Waals surface area contributed by atoms with Gasteiger partial charge in [0.25, 0.3) is 0 Å². The van der Waals surface area contributed by atoms with Crippen LogP contribution in [0.15, 0.2) is 107 Å². The van der Waals surface area contributed by atoms with Crippen LogP contribution in [0, 0.1) is 0 Å². The fourth-order valence-corrected chi connectivity index (χ4v) is 4.14. The Labute approximate surface area is 180 Å². The van der Waals surface area contributed by atoms with Crippen molar-refractivity contribution in [1.82, 2.24) is 0 Å². The largest absolute Gasteiger partial charge is 0.359 e. The number of rotatable bonds is 4. The zero-order chi connectivity index (χ0) is 20.2. The third-order valence-electron chi connectivity index (χ3n) is 5.27. The fraction of sp³-hybridized carbons (Fsp3) is 0.115. The number of carbonyl (C=O) groups is 1. The molecule has 4 rings (SSSR count). The molecule has 1 N–H and O–H groups in total. The number of nitrogens with one attached hydrogen (secondary N) is 1. The fourth-order valence-electron chi connectivity index (χ4n) is 3.87. The highest BCUT2D eigenvalue weighted by Gasteiger charge is 2.30. The maximum absolute atomic E-state index is 13.3. The smallest absolute Gasteiger partial charge is 0.184 e. The quantitative estimate of drug-likeness (QED) is 0.440. The molecule has 29 heavy (non-hydrogen) atoms. The molecule has 0 amide bonds. The van der Waals surface area contributed by atoms with Gasteiger partial charge in [0, 0.05) is 27.3 Å². The molecule has 0 aliphatic heterocycles. The molecule has 3 aromatic rings. The molecule has 0 aromatic heterocycles. The second kappa shape index (κ2) is 8.62. The molecule has 3 heteroatoms. The molecule has 0 saturated heterocycles. The maximum atomic E-state index is 13.3. The summed E-state index contributed by atoms with van der Waals surface area (Å²) in [6, 6.07) is 28.4. The van der Waals surface area contributed by atoms with Crippen LogP contribution in [0.5, 0.6) is 0 Å². The summed E-state index contributed by atoms with van der Waals surface area (Å²) in [6.07, 6.45) is 2.59. The molecular formula is C26H22BrNO. The van der Waals surface area contributed by atoms with Crippen LogP contribution in [-0.2, 0) is 4.79 Å². The van der Waals surface area contributed by atoms with Gasteiger partial charge in [-0.3, -0.25) is 4.79 Å². The van der Waals surface area contributed by atoms with E-state index < -0.39 is 0 Å². The van der Waals surface area contributed by atoms with Gasteiger partial charge in [0.15, 0.2) is 5.78 Å². The average molecular weight is 444 g/mol. The maximum Gasteiger partial charge on any atom is 0.184 e. The van der Waals surface area contributed by atoms with Crippen molar-refractivity contribution in [3.05, 3.63) is 118 Å². The molecule has 1 aliphatic carbocycles. The Morgan fingerprint density at radius 1 is 0.897 bits per heavy atom. The van der Waals surface area contributed by atoms with E-state index >= 15 is 0 Å². The summed E-state index contributed by atoms with van der Waals surface area (Å²) in [7, 11) is 0. The highest BCUT2D eigenvalue weighted by atomic mass is 79.9. The van der Waals surface area contributed by atoms with Crippen molar-refractivity contribution in [2.75, 3.05) is 5.32 Å². The molecule has 0 spiro atoms. The number of para-hydroxylation sites is 1. The summed E-state index contributed by atoms with van der Waals surface area (Å²) < 4.78 is 1.03. The first kappa shape index (κ1) is 19.4. The SMILES string of the molecule is C/C(Nc1ccccc1)=C1/C(=O)C=C(c2ccccc2)CC1c1ccc(Br)cc1. The van der Waals surface area contributed by atoms with Gasteiger partial charge in [-0.05, 0) is 60.4 Å². The van der Waals surface area contributed by atoms with Crippen LogP contribution in [0.1, 0.15) is 30.4 Å². The van der Waals surface area contributed by atoms with Crippen molar-refractivity contribution in [1.29, 1.82) is 0 Å². The van der Waals surface area contributed by atoms with Gasteiger partial charge in [0.1, 0.15) is 0 Å². The van der Waals surface area contributed by atoms with Crippen LogP contribution in [0.25, 0.3) is 5.57 Å². The molecule has 144 valence electrons. The zero-order valence-electron chi connectivity index (χ0n) is 16.2. The van der Waals surface area contributed by atoms with E-state index in [1.165, 1.54) is 0 Å². The zero-order valence-corrected chi connectivity index (χ0v) is 17.8. The number of carbonyl (C=O) groups excluding carboxylic acids is 1. The second-order valence-electron chi connectivity index (χ2n) is 7.24. The minimum Gasteiger partial charge on any atom is -0.359 e. The van der Waals surface area contributed by atoms with E-state index in [9.17, 15) is 4.79 Å². The Kier molecular flexibility index (Phi) is 5.77. The predicted molar refractivity (Wildman–Crippen MR) is 124 cm³/mol. The van der Waals surface area contributed by atoms with E-state index in [1.54, 1.807) is 6.08 Å². The van der Waals surface area contributed by atoms with Crippen LogP contribution in [0.3, 0.4) is 0 Å². The van der Waals surface area contributed by atoms with Gasteiger partial charge in [0.05, 0.1) is 0 Å². The van der Waals surface area contributed by atoms with E-state index in [-0.39, 0.29) is 11.7 Å². The van der Waals surface area contributed by atoms with Crippen LogP contribution in [0.2, 0.25) is 0 Å². The minimum absolute atomic E-state index is 0.00650. The Morgan fingerprint density at radius 3 is 2.17 bits per heavy atom. The molecule has 1 atom stereocenters. The molecule has 0 saturated carbocycles. The van der Waals surface area contributed by atoms with Gasteiger partial charge in [-0.25, -0.2) is 0 Å². The van der Waals surface area contributed by atoms with Crippen LogP contribution < -0.4 is 5.32 Å². The number of hydrogen-bond donors (Lipinski definition) is 1. The van der Waals surface area contributed by atoms with Crippen LogP contribution in [0.4, 0.5) is 5.69 Å². The Balaban J connectivity index is 1.78. The van der Waals surface area contributed by atoms with E-state index in [0.29, 0.717) is 0 Å². The molecule has 0 radical (unpaired) electrons. The third-order valence-corrected chi connectivity index (χ3v) is 5.80. The van der Waals surface area contributed by atoms with Crippen molar-refractivity contribution < 1.29 is 4.79 Å². The molecule has 0 fully saturated rings. The van der Waals surface area contributed by atoms with E-state index in [2.05, 4.69) is 45.5 Å². The number of benzene rings is 3. The topological polar surface area (TPSA) is 29.1 Å². The molecule has 1 aliphatic rings. The first-order chi connectivity index (χ1) is 14.1. The highest BCUT2D eigenvalue weighted by molar-refractivity contribution is 9.10. The Bertz CT molecular complexity index is 1070. The first-order valence-corrected chi connectivity index (χ1v) is 10.5. The second-order valence-corrected chi connectivity index (χ2v) is 8.15. The van der Waals surface area contributed by atoms with Gasteiger partial charge >= 0.3 is 0 Å². The summed E-state index contributed by atoms with van der Waals surface area (Å²) in [5.74, 6) is 0.0796. The number of anilines is 1. The monoisotopic (exact) mass is 443 g/mol. The molecule has 1 unspecified atom stereocenters. The standard InChI is InChI=1S/C26H22BrNO/c1-18(28-23-10-6-3-7-11-23)26-24(20-12-14-22(27)15-13-20)16-21(17-25(26)29)19-8-4-2-5-9-19/h2-15,17,24,28H,16H2,1H3/b26-18-. The van der Waals surface area contributed by atoms with Crippen molar-refractivity contribution in [3.63, 3.8) is 0 Å². The summed E-state index contributed by atoms with van der Waals surface area (Å²) in [6.45, 7) is 1.99. The summed E-state index contributed by atoms with van der Waals surface area (Å²) in [5.41, 5.74) is 6.05. The van der Waals surface area contributed by atoms with Crippen LogP contribution in [-0.4, -0.2) is 5.78 Å². The Hall–Kier alpha value is -2.91. The number of halogens is 1. The molecular weight excluding hydrogens is 422 g/mol. The minimum atomic E-state index is 0.00650. The van der Waals surface area contributed by atoms with E-state index in [1.807, 2.05) is 67.6 Å². The van der Waals surface area contributed by atoms with Gasteiger partial charge in [-0.2, -0.15) is 0 Å². The lowest BCUT2D eigenvalue weighted by Crippen LogP contribution is -2.20. The molecule has 0 bridgehead atoms. The molecule has 2 nitrogen and oxygen atoms in total. The van der Waals surface area contributed by atoms with E-state index in [4.69, 9.17) is 0 Å². The van der Waals surface area contributed by atoms with Crippen molar-refractivity contribution in [2.24, 2.45) is 0 Å². The normalized spacial score (nSPS) is 18.2. The number of hydrogen-bond acceptors (Lipinski definition) is 2. The lowest BCUT2D eigenvalue weighted by atomic mass is 9.76. The van der Waals surface area contributed by atoms with E-state index in [0.717, 1.165) is 44.6 Å². The van der Waals surface area contributed by atoms with Gasteiger partial charge in [-0.15, -0.1) is 0 Å². The number of ketones is 1. The predicted octanol–water partition coefficient (Wildman–Crippen LogP) is 6.98. The summed E-state index contributed by atoms with van der Waals surface area (Å²) >= 11 is 3.52. The summed E-state index contributed by atoms with van der Waals surface area (Å²) in [4.78, 5) is 13.3. The van der Waals surface area contributed by atoms with Gasteiger partial charge in [-0.1, -0.05) is 76.6 Å². The van der Waals surface area contributed by atoms with Crippen molar-refractivity contribution >= 4 is 33.0 Å². The van der Waals surface area contributed by atoms with Crippen molar-refractivity contribution in [2.45, 2.75) is 19.3 Å². The number of allylic oxidation sites excluding steroid dienone is 4. The van der Waals surface area contributed by atoms with Gasteiger partial charge in [0.2, 0.25) is 0 Å². The lowest BCUT2D eigenvalue weighted by molar-refractivity contribution is -0.111. The molecule has 0 heterocycles. The summed E-state index contributed by atoms with van der Waals surface area (Å²) in [5, 5.41) is 3.43. The average Bonchev–Trinajstić information content (AvgIpc) is 2.75. The highest BCUT2D eigenvalue weighted by Crippen LogP contribution is 2.41. The first-order valence-electron chi connectivity index (χ1n) is 9.70. The lowest BCUT2D eigenvalue weighted by Gasteiger charge is -2.28. The van der Waals surface area contributed by atoms with Crippen LogP contribution >= 0.6 is 15.9 Å².